The van der Waals surface area contributed by atoms with Crippen LogP contribution in [0.25, 0.3) is 0 Å². The van der Waals surface area contributed by atoms with E-state index in [4.69, 9.17) is 0 Å². The summed E-state index contributed by atoms with van der Waals surface area (Å²) in [6.07, 6.45) is 4.11. The van der Waals surface area contributed by atoms with Crippen LogP contribution in [-0.4, -0.2) is 17.6 Å². The summed E-state index contributed by atoms with van der Waals surface area (Å²) in [7, 11) is 0. The number of aliphatic carboxylic acids is 1. The molecule has 2 atom stereocenters. The molecule has 3 heteroatoms. The van der Waals surface area contributed by atoms with Crippen LogP contribution in [0.1, 0.15) is 36.8 Å². The predicted octanol–water partition coefficient (Wildman–Crippen LogP) is 2.98. The summed E-state index contributed by atoms with van der Waals surface area (Å²) in [4.78, 5) is 11.2. The van der Waals surface area contributed by atoms with Gasteiger partial charge in [-0.2, -0.15) is 0 Å². The van der Waals surface area contributed by atoms with Crippen molar-refractivity contribution in [2.45, 2.75) is 39.2 Å². The zero-order valence-corrected chi connectivity index (χ0v) is 11.6. The maximum absolute atomic E-state index is 11.2. The van der Waals surface area contributed by atoms with E-state index < -0.39 is 5.97 Å². The summed E-state index contributed by atoms with van der Waals surface area (Å²) in [6, 6.07) is 8.46. The van der Waals surface area contributed by atoms with Gasteiger partial charge in [0.15, 0.2) is 0 Å². The number of rotatable bonds is 5. The molecule has 0 amide bonds. The van der Waals surface area contributed by atoms with E-state index in [1.807, 2.05) is 0 Å². The Hall–Kier alpha value is -1.35. The highest BCUT2D eigenvalue weighted by molar-refractivity contribution is 5.70. The Morgan fingerprint density at radius 2 is 1.95 bits per heavy atom. The van der Waals surface area contributed by atoms with Crippen molar-refractivity contribution in [1.29, 1.82) is 0 Å². The maximum atomic E-state index is 11.2. The van der Waals surface area contributed by atoms with Crippen LogP contribution in [-0.2, 0) is 11.3 Å². The van der Waals surface area contributed by atoms with Gasteiger partial charge in [0.1, 0.15) is 0 Å². The summed E-state index contributed by atoms with van der Waals surface area (Å²) in [5.41, 5.74) is 2.52. The SMILES string of the molecule is Cc1ccc(CNCC2CCCCC2C(=O)O)cc1. The molecule has 0 heterocycles. The van der Waals surface area contributed by atoms with Gasteiger partial charge in [0.2, 0.25) is 0 Å². The van der Waals surface area contributed by atoms with E-state index in [-0.39, 0.29) is 11.8 Å². The van der Waals surface area contributed by atoms with Crippen molar-refractivity contribution in [2.24, 2.45) is 11.8 Å². The summed E-state index contributed by atoms with van der Waals surface area (Å²) >= 11 is 0. The molecule has 104 valence electrons. The zero-order valence-electron chi connectivity index (χ0n) is 11.6. The average molecular weight is 261 g/mol. The van der Waals surface area contributed by atoms with Gasteiger partial charge in [-0.25, -0.2) is 0 Å². The molecular formula is C16H23NO2. The lowest BCUT2D eigenvalue weighted by molar-refractivity contribution is -0.144. The Balaban J connectivity index is 1.80. The standard InChI is InChI=1S/C16H23NO2/c1-12-6-8-13(9-7-12)10-17-11-14-4-2-3-5-15(14)16(18)19/h6-9,14-15,17H,2-5,10-11H2,1H3,(H,18,19). The minimum Gasteiger partial charge on any atom is -0.481 e. The molecular weight excluding hydrogens is 238 g/mol. The summed E-state index contributed by atoms with van der Waals surface area (Å²) in [5, 5.41) is 12.6. The van der Waals surface area contributed by atoms with E-state index in [9.17, 15) is 9.90 Å². The fraction of sp³-hybridized carbons (Fsp3) is 0.562. The van der Waals surface area contributed by atoms with Crippen molar-refractivity contribution >= 4 is 5.97 Å². The summed E-state index contributed by atoms with van der Waals surface area (Å²) in [6.45, 7) is 3.71. The number of hydrogen-bond acceptors (Lipinski definition) is 2. The molecule has 1 fully saturated rings. The number of carboxylic acid groups (broad SMARTS) is 1. The number of nitrogens with one attached hydrogen (secondary N) is 1. The first kappa shape index (κ1) is 14.1. The highest BCUT2D eigenvalue weighted by atomic mass is 16.4. The number of carbonyl (C=O) groups is 1. The predicted molar refractivity (Wildman–Crippen MR) is 76.0 cm³/mol. The molecule has 1 aliphatic rings. The first-order chi connectivity index (χ1) is 9.16. The average Bonchev–Trinajstić information content (AvgIpc) is 2.41. The summed E-state index contributed by atoms with van der Waals surface area (Å²) < 4.78 is 0. The van der Waals surface area contributed by atoms with Crippen LogP contribution in [0.4, 0.5) is 0 Å². The van der Waals surface area contributed by atoms with Gasteiger partial charge in [-0.1, -0.05) is 42.7 Å². The van der Waals surface area contributed by atoms with Gasteiger partial charge < -0.3 is 10.4 Å². The third-order valence-electron chi connectivity index (χ3n) is 4.08. The van der Waals surface area contributed by atoms with E-state index >= 15 is 0 Å². The Kier molecular flexibility index (Phi) is 4.97. The van der Waals surface area contributed by atoms with E-state index in [1.165, 1.54) is 17.5 Å². The van der Waals surface area contributed by atoms with Crippen LogP contribution in [0.3, 0.4) is 0 Å². The van der Waals surface area contributed by atoms with Crippen LogP contribution >= 0.6 is 0 Å². The maximum Gasteiger partial charge on any atom is 0.306 e. The molecule has 1 aromatic carbocycles. The second-order valence-corrected chi connectivity index (χ2v) is 5.61. The normalized spacial score (nSPS) is 23.2. The fourth-order valence-electron chi connectivity index (χ4n) is 2.88. The van der Waals surface area contributed by atoms with Gasteiger partial charge in [0.05, 0.1) is 5.92 Å². The molecule has 0 radical (unpaired) electrons. The largest absolute Gasteiger partial charge is 0.481 e. The van der Waals surface area contributed by atoms with Gasteiger partial charge in [-0.3, -0.25) is 4.79 Å². The quantitative estimate of drug-likeness (QED) is 0.856. The molecule has 0 aliphatic heterocycles. The van der Waals surface area contributed by atoms with E-state index in [0.717, 1.165) is 32.4 Å². The van der Waals surface area contributed by atoms with Crippen LogP contribution in [0.2, 0.25) is 0 Å². The first-order valence-corrected chi connectivity index (χ1v) is 7.16. The minimum atomic E-state index is -0.623. The Labute approximate surface area is 115 Å². The molecule has 0 spiro atoms. The molecule has 2 N–H and O–H groups in total. The van der Waals surface area contributed by atoms with Crippen molar-refractivity contribution in [3.63, 3.8) is 0 Å². The van der Waals surface area contributed by atoms with Crippen LogP contribution in [0.15, 0.2) is 24.3 Å². The Morgan fingerprint density at radius 1 is 1.26 bits per heavy atom. The van der Waals surface area contributed by atoms with E-state index in [1.54, 1.807) is 0 Å². The van der Waals surface area contributed by atoms with E-state index in [2.05, 4.69) is 36.5 Å². The molecule has 0 saturated heterocycles. The molecule has 3 nitrogen and oxygen atoms in total. The van der Waals surface area contributed by atoms with Crippen molar-refractivity contribution in [3.05, 3.63) is 35.4 Å². The van der Waals surface area contributed by atoms with Gasteiger partial charge >= 0.3 is 5.97 Å². The van der Waals surface area contributed by atoms with Gasteiger partial charge in [0, 0.05) is 6.54 Å². The molecule has 19 heavy (non-hydrogen) atoms. The molecule has 2 unspecified atom stereocenters. The lowest BCUT2D eigenvalue weighted by Gasteiger charge is -2.28. The number of carboxylic acids is 1. The van der Waals surface area contributed by atoms with Crippen molar-refractivity contribution in [1.82, 2.24) is 5.32 Å². The van der Waals surface area contributed by atoms with Gasteiger partial charge in [0.25, 0.3) is 0 Å². The smallest absolute Gasteiger partial charge is 0.306 e. The zero-order chi connectivity index (χ0) is 13.7. The second-order valence-electron chi connectivity index (χ2n) is 5.61. The Bertz CT molecular complexity index is 413. The molecule has 1 aliphatic carbocycles. The topological polar surface area (TPSA) is 49.3 Å². The molecule has 0 bridgehead atoms. The van der Waals surface area contributed by atoms with Crippen molar-refractivity contribution in [3.8, 4) is 0 Å². The second kappa shape index (κ2) is 6.71. The molecule has 1 saturated carbocycles. The van der Waals surface area contributed by atoms with Gasteiger partial charge in [-0.15, -0.1) is 0 Å². The fourth-order valence-corrected chi connectivity index (χ4v) is 2.88. The van der Waals surface area contributed by atoms with Crippen molar-refractivity contribution in [2.75, 3.05) is 6.54 Å². The van der Waals surface area contributed by atoms with Gasteiger partial charge in [-0.05, 0) is 37.8 Å². The van der Waals surface area contributed by atoms with Crippen LogP contribution in [0, 0.1) is 18.8 Å². The monoisotopic (exact) mass is 261 g/mol. The number of benzene rings is 1. The first-order valence-electron chi connectivity index (χ1n) is 7.16. The molecule has 2 rings (SSSR count). The van der Waals surface area contributed by atoms with E-state index in [0.29, 0.717) is 0 Å². The Morgan fingerprint density at radius 3 is 2.63 bits per heavy atom. The third kappa shape index (κ3) is 4.06. The lowest BCUT2D eigenvalue weighted by atomic mass is 9.79. The minimum absolute atomic E-state index is 0.153. The molecule has 0 aromatic heterocycles. The van der Waals surface area contributed by atoms with Crippen LogP contribution < -0.4 is 5.32 Å². The van der Waals surface area contributed by atoms with Crippen LogP contribution in [0.5, 0.6) is 0 Å². The van der Waals surface area contributed by atoms with Crippen molar-refractivity contribution < 1.29 is 9.90 Å². The third-order valence-corrected chi connectivity index (χ3v) is 4.08. The lowest BCUT2D eigenvalue weighted by Crippen LogP contribution is -2.34. The number of aryl methyl sites for hydroxylation is 1. The number of hydrogen-bond donors (Lipinski definition) is 2. The highest BCUT2D eigenvalue weighted by Gasteiger charge is 2.30. The highest BCUT2D eigenvalue weighted by Crippen LogP contribution is 2.29. The molecule has 1 aromatic rings. The summed E-state index contributed by atoms with van der Waals surface area (Å²) in [5.74, 6) is -0.488.